The van der Waals surface area contributed by atoms with E-state index in [2.05, 4.69) is 11.1 Å². The van der Waals surface area contributed by atoms with E-state index in [9.17, 15) is 14.7 Å². The van der Waals surface area contributed by atoms with Crippen LogP contribution in [0.5, 0.6) is 0 Å². The van der Waals surface area contributed by atoms with Gasteiger partial charge in [-0.2, -0.15) is 0 Å². The zero-order valence-corrected chi connectivity index (χ0v) is 15.4. The molecule has 0 bridgehead atoms. The molecule has 130 valence electrons. The molecule has 0 aliphatic heterocycles. The Balaban J connectivity index is 2.33. The number of rotatable bonds is 4. The van der Waals surface area contributed by atoms with E-state index in [4.69, 9.17) is 0 Å². The number of aliphatic carboxylic acids is 1. The van der Waals surface area contributed by atoms with E-state index in [0.717, 1.165) is 21.6 Å². The quantitative estimate of drug-likeness (QED) is 0.721. The summed E-state index contributed by atoms with van der Waals surface area (Å²) in [5, 5.41) is 11.8. The summed E-state index contributed by atoms with van der Waals surface area (Å²) in [7, 11) is 0. The number of carbonyl (C=O) groups excluding carboxylic acids is 1. The Morgan fingerprint density at radius 1 is 1.28 bits per heavy atom. The topological polar surface area (TPSA) is 75.0 Å². The highest BCUT2D eigenvalue weighted by Crippen LogP contribution is 2.36. The molecule has 0 aliphatic carbocycles. The van der Waals surface area contributed by atoms with Crippen LogP contribution in [0.4, 0.5) is 0 Å². The van der Waals surface area contributed by atoms with Crippen LogP contribution in [0.2, 0.25) is 0 Å². The van der Waals surface area contributed by atoms with Crippen LogP contribution in [0.25, 0.3) is 21.3 Å². The van der Waals surface area contributed by atoms with Gasteiger partial charge in [0, 0.05) is 10.4 Å². The van der Waals surface area contributed by atoms with Gasteiger partial charge >= 0.3 is 0 Å². The molecule has 5 nitrogen and oxygen atoms in total. The maximum absolute atomic E-state index is 13.0. The maximum atomic E-state index is 13.0. The first-order chi connectivity index (χ1) is 11.8. The zero-order chi connectivity index (χ0) is 18.3. The number of thiophene rings is 1. The first-order valence-corrected chi connectivity index (χ1v) is 8.95. The van der Waals surface area contributed by atoms with E-state index in [0.29, 0.717) is 10.2 Å². The number of benzene rings is 1. The van der Waals surface area contributed by atoms with Crippen molar-refractivity contribution in [3.63, 3.8) is 0 Å². The van der Waals surface area contributed by atoms with Gasteiger partial charge in [0.15, 0.2) is 0 Å². The molecule has 1 atom stereocenters. The van der Waals surface area contributed by atoms with Gasteiger partial charge < -0.3 is 9.90 Å². The number of aryl methyl sites for hydroxylation is 3. The Bertz CT molecular complexity index is 1030. The Kier molecular flexibility index (Phi) is 4.47. The van der Waals surface area contributed by atoms with Crippen LogP contribution in [0.15, 0.2) is 29.3 Å². The molecule has 6 heteroatoms. The first-order valence-electron chi connectivity index (χ1n) is 8.13. The molecular weight excluding hydrogens is 336 g/mol. The van der Waals surface area contributed by atoms with Crippen LogP contribution in [0, 0.1) is 20.8 Å². The van der Waals surface area contributed by atoms with Crippen LogP contribution >= 0.6 is 11.3 Å². The molecule has 0 amide bonds. The number of carboxylic acid groups (broad SMARTS) is 1. The number of hydrogen-bond donors (Lipinski definition) is 0. The lowest BCUT2D eigenvalue weighted by Gasteiger charge is -2.18. The fourth-order valence-corrected chi connectivity index (χ4v) is 4.06. The number of nitrogens with zero attached hydrogens (tertiary/aromatic N) is 2. The van der Waals surface area contributed by atoms with Gasteiger partial charge in [-0.3, -0.25) is 9.36 Å². The minimum atomic E-state index is -1.27. The van der Waals surface area contributed by atoms with Gasteiger partial charge in [0.1, 0.15) is 4.83 Å². The molecule has 0 aliphatic rings. The standard InChI is InChI=1S/C19H20N2O3S/c1-5-14(19(23)24)21-9-20-17-16(18(21)22)15(12(4)25-17)13-7-6-10(2)11(3)8-13/h6-9,14H,5H2,1-4H3,(H,23,24)/p-1. The summed E-state index contributed by atoms with van der Waals surface area (Å²) < 4.78 is 1.17. The normalized spacial score (nSPS) is 12.5. The highest BCUT2D eigenvalue weighted by molar-refractivity contribution is 7.19. The average Bonchev–Trinajstić information content (AvgIpc) is 2.89. The van der Waals surface area contributed by atoms with Crippen LogP contribution in [0.3, 0.4) is 0 Å². The minimum Gasteiger partial charge on any atom is -0.548 e. The lowest BCUT2D eigenvalue weighted by atomic mass is 9.99. The summed E-state index contributed by atoms with van der Waals surface area (Å²) in [6.07, 6.45) is 1.58. The van der Waals surface area contributed by atoms with Crippen molar-refractivity contribution in [2.45, 2.75) is 40.2 Å². The van der Waals surface area contributed by atoms with Gasteiger partial charge in [0.05, 0.1) is 23.7 Å². The molecule has 0 saturated heterocycles. The summed E-state index contributed by atoms with van der Waals surface area (Å²) in [6.45, 7) is 7.73. The Labute approximate surface area is 149 Å². The second-order valence-electron chi connectivity index (χ2n) is 6.21. The van der Waals surface area contributed by atoms with E-state index in [-0.39, 0.29) is 12.0 Å². The highest BCUT2D eigenvalue weighted by Gasteiger charge is 2.20. The molecule has 3 rings (SSSR count). The van der Waals surface area contributed by atoms with Gasteiger partial charge in [0.25, 0.3) is 5.56 Å². The minimum absolute atomic E-state index is 0.261. The molecule has 25 heavy (non-hydrogen) atoms. The molecular formula is C19H19N2O3S-. The first kappa shape index (κ1) is 17.4. The third kappa shape index (κ3) is 2.87. The van der Waals surface area contributed by atoms with Gasteiger partial charge in [-0.1, -0.05) is 25.1 Å². The molecule has 1 aromatic carbocycles. The summed E-state index contributed by atoms with van der Waals surface area (Å²) in [6, 6.07) is 5.05. The molecule has 0 radical (unpaired) electrons. The lowest BCUT2D eigenvalue weighted by molar-refractivity contribution is -0.310. The summed E-state index contributed by atoms with van der Waals surface area (Å²) >= 11 is 1.45. The summed E-state index contributed by atoms with van der Waals surface area (Å²) in [5.74, 6) is -1.27. The highest BCUT2D eigenvalue weighted by atomic mass is 32.1. The van der Waals surface area contributed by atoms with Crippen molar-refractivity contribution in [1.82, 2.24) is 9.55 Å². The van der Waals surface area contributed by atoms with Crippen LogP contribution in [-0.2, 0) is 4.79 Å². The van der Waals surface area contributed by atoms with Crippen molar-refractivity contribution < 1.29 is 9.90 Å². The second kappa shape index (κ2) is 6.44. The van der Waals surface area contributed by atoms with Crippen molar-refractivity contribution in [1.29, 1.82) is 0 Å². The van der Waals surface area contributed by atoms with Crippen LogP contribution < -0.4 is 10.7 Å². The predicted octanol–water partition coefficient (Wildman–Crippen LogP) is 2.75. The van der Waals surface area contributed by atoms with Crippen molar-refractivity contribution >= 4 is 27.5 Å². The molecule has 2 heterocycles. The zero-order valence-electron chi connectivity index (χ0n) is 14.6. The molecule has 0 fully saturated rings. The third-order valence-corrected chi connectivity index (χ3v) is 5.62. The molecule has 0 saturated carbocycles. The Morgan fingerprint density at radius 3 is 2.60 bits per heavy atom. The summed E-state index contributed by atoms with van der Waals surface area (Å²) in [5.41, 5.74) is 3.77. The van der Waals surface area contributed by atoms with E-state index < -0.39 is 12.0 Å². The fraction of sp³-hybridized carbons (Fsp3) is 0.316. The van der Waals surface area contributed by atoms with Gasteiger partial charge in [0.2, 0.25) is 0 Å². The van der Waals surface area contributed by atoms with Crippen molar-refractivity contribution in [2.24, 2.45) is 0 Å². The number of aromatic nitrogens is 2. The lowest BCUT2D eigenvalue weighted by Crippen LogP contribution is -2.37. The van der Waals surface area contributed by atoms with E-state index in [1.165, 1.54) is 27.8 Å². The van der Waals surface area contributed by atoms with Crippen LogP contribution in [-0.4, -0.2) is 15.5 Å². The van der Waals surface area contributed by atoms with E-state index in [1.54, 1.807) is 6.92 Å². The largest absolute Gasteiger partial charge is 0.548 e. The monoisotopic (exact) mass is 355 g/mol. The molecule has 0 spiro atoms. The number of carbonyl (C=O) groups is 1. The SMILES string of the molecule is CCC(C(=O)[O-])n1cnc2sc(C)c(-c3ccc(C)c(C)c3)c2c1=O. The molecule has 3 aromatic rings. The Morgan fingerprint density at radius 2 is 2.00 bits per heavy atom. The van der Waals surface area contributed by atoms with Crippen LogP contribution in [0.1, 0.15) is 35.4 Å². The third-order valence-electron chi connectivity index (χ3n) is 4.60. The second-order valence-corrected chi connectivity index (χ2v) is 7.42. The van der Waals surface area contributed by atoms with Gasteiger partial charge in [-0.05, 0) is 43.9 Å². The smallest absolute Gasteiger partial charge is 0.263 e. The fourth-order valence-electron chi connectivity index (χ4n) is 3.06. The molecule has 0 N–H and O–H groups in total. The van der Waals surface area contributed by atoms with Gasteiger partial charge in [-0.15, -0.1) is 11.3 Å². The van der Waals surface area contributed by atoms with E-state index in [1.807, 2.05) is 32.9 Å². The summed E-state index contributed by atoms with van der Waals surface area (Å²) in [4.78, 5) is 30.3. The maximum Gasteiger partial charge on any atom is 0.263 e. The number of hydrogen-bond acceptors (Lipinski definition) is 5. The Hall–Kier alpha value is -2.47. The van der Waals surface area contributed by atoms with E-state index >= 15 is 0 Å². The number of fused-ring (bicyclic) bond motifs is 1. The molecule has 1 unspecified atom stereocenters. The van der Waals surface area contributed by atoms with Gasteiger partial charge in [-0.25, -0.2) is 4.98 Å². The van der Waals surface area contributed by atoms with Crippen molar-refractivity contribution in [2.75, 3.05) is 0 Å². The number of carboxylic acids is 1. The predicted molar refractivity (Wildman–Crippen MR) is 97.9 cm³/mol. The average molecular weight is 355 g/mol. The molecule has 2 aromatic heterocycles. The van der Waals surface area contributed by atoms with Crippen molar-refractivity contribution in [3.8, 4) is 11.1 Å². The van der Waals surface area contributed by atoms with Crippen molar-refractivity contribution in [3.05, 3.63) is 50.9 Å².